The van der Waals surface area contributed by atoms with Crippen molar-refractivity contribution in [3.8, 4) is 11.1 Å². The Morgan fingerprint density at radius 3 is 2.68 bits per heavy atom. The number of rotatable bonds is 3. The van der Waals surface area contributed by atoms with Gasteiger partial charge in [0, 0.05) is 23.7 Å². The average Bonchev–Trinajstić information content (AvgIpc) is 3.09. The van der Waals surface area contributed by atoms with E-state index in [1.165, 1.54) is 6.07 Å². The number of benzene rings is 1. The maximum atomic E-state index is 13.0. The Morgan fingerprint density at radius 2 is 1.94 bits per heavy atom. The fraction of sp³-hybridized carbons (Fsp3) is 0.481. The maximum absolute atomic E-state index is 13.0. The Morgan fingerprint density at radius 1 is 1.12 bits per heavy atom. The molecule has 3 fully saturated rings. The van der Waals surface area contributed by atoms with Crippen LogP contribution in [-0.2, 0) is 15.7 Å². The summed E-state index contributed by atoms with van der Waals surface area (Å²) in [4.78, 5) is 17.0. The second-order valence-corrected chi connectivity index (χ2v) is 10.0. The van der Waals surface area contributed by atoms with E-state index in [2.05, 4.69) is 11.1 Å². The van der Waals surface area contributed by atoms with E-state index in [-0.39, 0.29) is 35.9 Å². The molecule has 180 valence electrons. The lowest BCUT2D eigenvalue weighted by molar-refractivity contribution is -0.144. The van der Waals surface area contributed by atoms with Crippen molar-refractivity contribution in [2.45, 2.75) is 50.9 Å². The standard InChI is InChI=1S/C27H29F3N2O2/c1-15-25-23(22-9-6-20(31)12-18(22)13-24(25)26(33)34-15)10-8-21-7-5-17(14-32-21)16-3-2-4-19(11-16)27(28,29)30/h2-5,7-8,10-11,14-15,18,20,22-25H,6,9,12-13,31H2,1H3/t15-,18+,20+,22-,23+,24-,25+/m1/s1. The maximum Gasteiger partial charge on any atom is 0.416 e. The molecule has 0 radical (unpaired) electrons. The predicted molar refractivity (Wildman–Crippen MR) is 123 cm³/mol. The van der Waals surface area contributed by atoms with Crippen molar-refractivity contribution in [3.63, 3.8) is 0 Å². The summed E-state index contributed by atoms with van der Waals surface area (Å²) in [5.41, 5.74) is 7.41. The molecule has 5 rings (SSSR count). The number of nitrogens with two attached hydrogens (primary N) is 1. The lowest BCUT2D eigenvalue weighted by Crippen LogP contribution is -2.46. The van der Waals surface area contributed by atoms with Crippen molar-refractivity contribution in [1.82, 2.24) is 4.98 Å². The molecule has 0 amide bonds. The zero-order chi connectivity index (χ0) is 24.0. The lowest BCUT2D eigenvalue weighted by atomic mass is 9.57. The van der Waals surface area contributed by atoms with Crippen molar-refractivity contribution in [1.29, 1.82) is 0 Å². The van der Waals surface area contributed by atoms with E-state index in [4.69, 9.17) is 10.5 Å². The number of halogens is 3. The van der Waals surface area contributed by atoms with E-state index < -0.39 is 11.7 Å². The first kappa shape index (κ1) is 23.1. The zero-order valence-corrected chi connectivity index (χ0v) is 19.0. The van der Waals surface area contributed by atoms with Crippen molar-refractivity contribution in [2.75, 3.05) is 0 Å². The van der Waals surface area contributed by atoms with Gasteiger partial charge in [-0.1, -0.05) is 24.3 Å². The Balaban J connectivity index is 1.38. The van der Waals surface area contributed by atoms with Gasteiger partial charge in [0.1, 0.15) is 6.10 Å². The van der Waals surface area contributed by atoms with E-state index in [0.717, 1.165) is 43.5 Å². The number of ether oxygens (including phenoxy) is 1. The number of nitrogens with zero attached hydrogens (tertiary/aromatic N) is 1. The lowest BCUT2D eigenvalue weighted by Gasteiger charge is -2.47. The third kappa shape index (κ3) is 4.38. The summed E-state index contributed by atoms with van der Waals surface area (Å²) in [5, 5.41) is 0. The van der Waals surface area contributed by atoms with Crippen molar-refractivity contribution < 1.29 is 22.7 Å². The van der Waals surface area contributed by atoms with Crippen LogP contribution < -0.4 is 5.73 Å². The minimum atomic E-state index is -4.38. The molecule has 0 spiro atoms. The first-order chi connectivity index (χ1) is 16.2. The molecule has 2 aromatic rings. The number of hydrogen-bond donors (Lipinski definition) is 1. The van der Waals surface area contributed by atoms with Crippen LogP contribution in [0.2, 0.25) is 0 Å². The molecule has 0 bridgehead atoms. The Bertz CT molecular complexity index is 1080. The monoisotopic (exact) mass is 470 g/mol. The van der Waals surface area contributed by atoms with E-state index in [9.17, 15) is 18.0 Å². The molecule has 1 saturated heterocycles. The van der Waals surface area contributed by atoms with Crippen LogP contribution in [0.1, 0.15) is 43.9 Å². The quantitative estimate of drug-likeness (QED) is 0.583. The summed E-state index contributed by atoms with van der Waals surface area (Å²) >= 11 is 0. The Hall–Kier alpha value is -2.67. The molecule has 2 aliphatic carbocycles. The van der Waals surface area contributed by atoms with Gasteiger partial charge in [0.25, 0.3) is 0 Å². The third-order valence-corrected chi connectivity index (χ3v) is 7.99. The number of esters is 1. The number of hydrogen-bond acceptors (Lipinski definition) is 4. The molecule has 2 N–H and O–H groups in total. The second kappa shape index (κ2) is 8.84. The fourth-order valence-corrected chi connectivity index (χ4v) is 6.41. The van der Waals surface area contributed by atoms with Crippen LogP contribution in [0.5, 0.6) is 0 Å². The largest absolute Gasteiger partial charge is 0.462 e. The van der Waals surface area contributed by atoms with Gasteiger partial charge < -0.3 is 10.5 Å². The highest BCUT2D eigenvalue weighted by Gasteiger charge is 2.54. The number of allylic oxidation sites excluding steroid dienone is 1. The highest BCUT2D eigenvalue weighted by molar-refractivity contribution is 5.75. The summed E-state index contributed by atoms with van der Waals surface area (Å²) in [5.74, 6) is 1.10. The van der Waals surface area contributed by atoms with Crippen molar-refractivity contribution in [2.24, 2.45) is 35.3 Å². The van der Waals surface area contributed by atoms with Crippen LogP contribution in [0.25, 0.3) is 17.2 Å². The first-order valence-electron chi connectivity index (χ1n) is 12.0. The molecular formula is C27H29F3N2O2. The molecule has 0 unspecified atom stereocenters. The molecule has 2 heterocycles. The van der Waals surface area contributed by atoms with E-state index in [1.54, 1.807) is 18.3 Å². The number of alkyl halides is 3. The summed E-state index contributed by atoms with van der Waals surface area (Å²) in [6, 6.07) is 9.07. The first-order valence-corrected chi connectivity index (χ1v) is 12.0. The SMILES string of the molecule is C[C@H]1OC(=O)[C@@H]2C[C@@H]3C[C@@H](N)CC[C@H]3[C@H](C=Cc3ccc(-c4cccc(C(F)(F)F)c4)cn3)[C@H]12. The number of cyclic esters (lactones) is 1. The van der Waals surface area contributed by atoms with Gasteiger partial charge in [-0.15, -0.1) is 0 Å². The average molecular weight is 471 g/mol. The van der Waals surface area contributed by atoms with Gasteiger partial charge in [-0.2, -0.15) is 13.2 Å². The molecule has 3 aliphatic rings. The van der Waals surface area contributed by atoms with Gasteiger partial charge in [0.15, 0.2) is 0 Å². The zero-order valence-electron chi connectivity index (χ0n) is 19.0. The number of aromatic nitrogens is 1. The van der Waals surface area contributed by atoms with Gasteiger partial charge in [-0.3, -0.25) is 9.78 Å². The molecule has 1 aromatic heterocycles. The summed E-state index contributed by atoms with van der Waals surface area (Å²) in [6.07, 6.45) is 5.12. The minimum Gasteiger partial charge on any atom is -0.462 e. The van der Waals surface area contributed by atoms with Gasteiger partial charge in [0.2, 0.25) is 0 Å². The molecule has 1 aliphatic heterocycles. The van der Waals surface area contributed by atoms with Crippen LogP contribution in [0.3, 0.4) is 0 Å². The predicted octanol–water partition coefficient (Wildman–Crippen LogP) is 5.72. The molecule has 7 atom stereocenters. The molecule has 7 heteroatoms. The highest BCUT2D eigenvalue weighted by atomic mass is 19.4. The molecule has 1 aromatic carbocycles. The van der Waals surface area contributed by atoms with Crippen molar-refractivity contribution in [3.05, 3.63) is 59.9 Å². The van der Waals surface area contributed by atoms with E-state index >= 15 is 0 Å². The van der Waals surface area contributed by atoms with Gasteiger partial charge in [-0.25, -0.2) is 0 Å². The topological polar surface area (TPSA) is 65.2 Å². The Labute approximate surface area is 197 Å². The summed E-state index contributed by atoms with van der Waals surface area (Å²) in [6.45, 7) is 1.99. The normalized spacial score (nSPS) is 33.4. The van der Waals surface area contributed by atoms with E-state index in [0.29, 0.717) is 23.0 Å². The van der Waals surface area contributed by atoms with Crippen LogP contribution in [0.15, 0.2) is 48.7 Å². The van der Waals surface area contributed by atoms with Gasteiger partial charge in [-0.05, 0) is 80.2 Å². The van der Waals surface area contributed by atoms with Crippen LogP contribution in [0, 0.1) is 29.6 Å². The third-order valence-electron chi connectivity index (χ3n) is 7.99. The molecule has 34 heavy (non-hydrogen) atoms. The van der Waals surface area contributed by atoms with Crippen LogP contribution in [-0.4, -0.2) is 23.1 Å². The molecule has 4 nitrogen and oxygen atoms in total. The van der Waals surface area contributed by atoms with Gasteiger partial charge >= 0.3 is 12.1 Å². The summed E-state index contributed by atoms with van der Waals surface area (Å²) < 4.78 is 44.8. The van der Waals surface area contributed by atoms with Gasteiger partial charge in [0.05, 0.1) is 17.2 Å². The fourth-order valence-electron chi connectivity index (χ4n) is 6.41. The molecular weight excluding hydrogens is 441 g/mol. The highest BCUT2D eigenvalue weighted by Crippen LogP contribution is 2.53. The summed E-state index contributed by atoms with van der Waals surface area (Å²) in [7, 11) is 0. The number of carbonyl (C=O) groups excluding carboxylic acids is 1. The van der Waals surface area contributed by atoms with Crippen LogP contribution in [0.4, 0.5) is 13.2 Å². The van der Waals surface area contributed by atoms with Crippen LogP contribution >= 0.6 is 0 Å². The Kier molecular flexibility index (Phi) is 6.00. The number of fused-ring (bicyclic) bond motifs is 2. The van der Waals surface area contributed by atoms with Crippen molar-refractivity contribution >= 4 is 12.0 Å². The van der Waals surface area contributed by atoms with E-state index in [1.807, 2.05) is 19.1 Å². The number of carbonyl (C=O) groups is 1. The minimum absolute atomic E-state index is 0.0764. The smallest absolute Gasteiger partial charge is 0.416 e. The number of pyridine rings is 1. The molecule has 2 saturated carbocycles. The second-order valence-electron chi connectivity index (χ2n) is 10.0.